The largest absolute Gasteiger partial charge is 0.350 e. The van der Waals surface area contributed by atoms with Crippen LogP contribution in [-0.4, -0.2) is 46.8 Å². The summed E-state index contributed by atoms with van der Waals surface area (Å²) >= 11 is 0. The fourth-order valence-corrected chi connectivity index (χ4v) is 4.69. The summed E-state index contributed by atoms with van der Waals surface area (Å²) in [7, 11) is -3.51. The Bertz CT molecular complexity index is 1130. The Hall–Kier alpha value is -3.11. The number of aryl methyl sites for hydroxylation is 1. The molecule has 0 fully saturated rings. The summed E-state index contributed by atoms with van der Waals surface area (Å²) in [6, 6.07) is 9.93. The Balaban J connectivity index is 1.55. The summed E-state index contributed by atoms with van der Waals surface area (Å²) in [6.45, 7) is 6.29. The number of benzene rings is 1. The lowest BCUT2D eigenvalue weighted by molar-refractivity contribution is -0.121. The van der Waals surface area contributed by atoms with Crippen LogP contribution in [0.3, 0.4) is 0 Å². The molecule has 170 valence electrons. The summed E-state index contributed by atoms with van der Waals surface area (Å²) < 4.78 is 31.8. The van der Waals surface area contributed by atoms with E-state index in [0.29, 0.717) is 31.2 Å². The number of hydrogen-bond donors (Lipinski definition) is 1. The van der Waals surface area contributed by atoms with E-state index in [1.807, 2.05) is 13.0 Å². The number of carbonyl (C=O) groups is 1. The molecule has 1 atom stereocenters. The van der Waals surface area contributed by atoms with Crippen molar-refractivity contribution in [3.63, 3.8) is 0 Å². The third-order valence-electron chi connectivity index (χ3n) is 5.05. The minimum atomic E-state index is -3.51. The van der Waals surface area contributed by atoms with Crippen LogP contribution in [0.2, 0.25) is 0 Å². The summed E-state index contributed by atoms with van der Waals surface area (Å²) in [5.41, 5.74) is 1.56. The average Bonchev–Trinajstić information content (AvgIpc) is 3.28. The van der Waals surface area contributed by atoms with Crippen molar-refractivity contribution >= 4 is 15.9 Å². The lowest BCUT2D eigenvalue weighted by Gasteiger charge is -2.19. The number of aromatic nitrogens is 3. The molecule has 1 unspecified atom stereocenters. The molecule has 10 heteroatoms. The van der Waals surface area contributed by atoms with E-state index in [9.17, 15) is 13.2 Å². The predicted octanol–water partition coefficient (Wildman–Crippen LogP) is 2.97. The van der Waals surface area contributed by atoms with Crippen LogP contribution in [0.1, 0.15) is 44.7 Å². The average molecular weight is 458 g/mol. The first kappa shape index (κ1) is 23.6. The van der Waals surface area contributed by atoms with Gasteiger partial charge in [-0.3, -0.25) is 9.78 Å². The van der Waals surface area contributed by atoms with E-state index in [1.165, 1.54) is 4.31 Å². The fourth-order valence-electron chi connectivity index (χ4n) is 3.23. The SMILES string of the molecule is CCN(CC)S(=O)(=O)c1ccc(C(C)NC(=O)CCc2nc(-c3cccnc3)no2)cc1. The molecule has 0 bridgehead atoms. The van der Waals surface area contributed by atoms with Gasteiger partial charge in [-0.1, -0.05) is 31.1 Å². The molecule has 0 radical (unpaired) electrons. The number of amides is 1. The van der Waals surface area contributed by atoms with Crippen molar-refractivity contribution in [1.82, 2.24) is 24.7 Å². The minimum absolute atomic E-state index is 0.168. The summed E-state index contributed by atoms with van der Waals surface area (Å²) in [6.07, 6.45) is 3.80. The van der Waals surface area contributed by atoms with Crippen molar-refractivity contribution in [3.8, 4) is 11.4 Å². The molecular weight excluding hydrogens is 430 g/mol. The molecular formula is C22H27N5O4S. The Morgan fingerprint density at radius 3 is 2.50 bits per heavy atom. The first-order valence-electron chi connectivity index (χ1n) is 10.5. The Morgan fingerprint density at radius 2 is 1.88 bits per heavy atom. The van der Waals surface area contributed by atoms with Gasteiger partial charge in [0.25, 0.3) is 0 Å². The number of pyridine rings is 1. The van der Waals surface area contributed by atoms with E-state index >= 15 is 0 Å². The topological polar surface area (TPSA) is 118 Å². The zero-order valence-electron chi connectivity index (χ0n) is 18.4. The van der Waals surface area contributed by atoms with Crippen LogP contribution in [0.4, 0.5) is 0 Å². The lowest BCUT2D eigenvalue weighted by Crippen LogP contribution is -2.30. The maximum absolute atomic E-state index is 12.6. The molecule has 1 amide bonds. The normalized spacial score (nSPS) is 12.6. The van der Waals surface area contributed by atoms with Crippen LogP contribution in [-0.2, 0) is 21.2 Å². The Labute approximate surface area is 187 Å². The van der Waals surface area contributed by atoms with Gasteiger partial charge in [-0.25, -0.2) is 8.42 Å². The maximum atomic E-state index is 12.6. The minimum Gasteiger partial charge on any atom is -0.350 e. The molecule has 0 saturated carbocycles. The van der Waals surface area contributed by atoms with Gasteiger partial charge in [0, 0.05) is 43.9 Å². The van der Waals surface area contributed by atoms with Gasteiger partial charge in [-0.05, 0) is 36.8 Å². The molecule has 0 saturated heterocycles. The number of rotatable bonds is 10. The van der Waals surface area contributed by atoms with Crippen molar-refractivity contribution < 1.29 is 17.7 Å². The molecule has 9 nitrogen and oxygen atoms in total. The smallest absolute Gasteiger partial charge is 0.243 e. The number of hydrogen-bond acceptors (Lipinski definition) is 7. The summed E-state index contributed by atoms with van der Waals surface area (Å²) in [4.78, 5) is 20.9. The molecule has 0 aliphatic carbocycles. The fraction of sp³-hybridized carbons (Fsp3) is 0.364. The quantitative estimate of drug-likeness (QED) is 0.497. The highest BCUT2D eigenvalue weighted by atomic mass is 32.2. The van der Waals surface area contributed by atoms with Crippen molar-refractivity contribution in [3.05, 3.63) is 60.2 Å². The van der Waals surface area contributed by atoms with Gasteiger partial charge in [-0.15, -0.1) is 0 Å². The van der Waals surface area contributed by atoms with Crippen LogP contribution >= 0.6 is 0 Å². The first-order valence-corrected chi connectivity index (χ1v) is 11.9. The maximum Gasteiger partial charge on any atom is 0.243 e. The second-order valence-electron chi connectivity index (χ2n) is 7.20. The third-order valence-corrected chi connectivity index (χ3v) is 7.12. The van der Waals surface area contributed by atoms with Crippen molar-refractivity contribution in [2.24, 2.45) is 0 Å². The number of nitrogens with one attached hydrogen (secondary N) is 1. The van der Waals surface area contributed by atoms with Crippen LogP contribution in [0.25, 0.3) is 11.4 Å². The molecule has 0 aliphatic rings. The van der Waals surface area contributed by atoms with E-state index in [2.05, 4.69) is 20.4 Å². The van der Waals surface area contributed by atoms with Crippen LogP contribution in [0.15, 0.2) is 58.2 Å². The van der Waals surface area contributed by atoms with Gasteiger partial charge in [-0.2, -0.15) is 9.29 Å². The number of sulfonamides is 1. The highest BCUT2D eigenvalue weighted by Crippen LogP contribution is 2.20. The molecule has 2 aromatic heterocycles. The monoisotopic (exact) mass is 457 g/mol. The molecule has 1 aromatic carbocycles. The van der Waals surface area contributed by atoms with Crippen LogP contribution in [0.5, 0.6) is 0 Å². The van der Waals surface area contributed by atoms with Gasteiger partial charge >= 0.3 is 0 Å². The van der Waals surface area contributed by atoms with E-state index in [0.717, 1.165) is 11.1 Å². The Morgan fingerprint density at radius 1 is 1.16 bits per heavy atom. The molecule has 0 spiro atoms. The molecule has 1 N–H and O–H groups in total. The summed E-state index contributed by atoms with van der Waals surface area (Å²) in [5.74, 6) is 0.637. The van der Waals surface area contributed by atoms with Crippen LogP contribution in [0, 0.1) is 0 Å². The molecule has 3 rings (SSSR count). The van der Waals surface area contributed by atoms with Gasteiger partial charge in [0.2, 0.25) is 27.6 Å². The predicted molar refractivity (Wildman–Crippen MR) is 119 cm³/mol. The van der Waals surface area contributed by atoms with Gasteiger partial charge < -0.3 is 9.84 Å². The highest BCUT2D eigenvalue weighted by Gasteiger charge is 2.21. The summed E-state index contributed by atoms with van der Waals surface area (Å²) in [5, 5.41) is 6.82. The van der Waals surface area contributed by atoms with Gasteiger partial charge in [0.05, 0.1) is 10.9 Å². The molecule has 2 heterocycles. The molecule has 32 heavy (non-hydrogen) atoms. The van der Waals surface area contributed by atoms with E-state index < -0.39 is 10.0 Å². The lowest BCUT2D eigenvalue weighted by atomic mass is 10.1. The molecule has 0 aliphatic heterocycles. The van der Waals surface area contributed by atoms with Crippen molar-refractivity contribution in [2.75, 3.05) is 13.1 Å². The van der Waals surface area contributed by atoms with E-state index in [4.69, 9.17) is 4.52 Å². The third kappa shape index (κ3) is 5.57. The zero-order chi connectivity index (χ0) is 23.1. The van der Waals surface area contributed by atoms with Gasteiger partial charge in [0.15, 0.2) is 0 Å². The number of carbonyl (C=O) groups excluding carboxylic acids is 1. The van der Waals surface area contributed by atoms with Crippen molar-refractivity contribution in [1.29, 1.82) is 0 Å². The van der Waals surface area contributed by atoms with E-state index in [-0.39, 0.29) is 23.3 Å². The second kappa shape index (κ2) is 10.5. The highest BCUT2D eigenvalue weighted by molar-refractivity contribution is 7.89. The first-order chi connectivity index (χ1) is 15.3. The standard InChI is InChI=1S/C22H27N5O4S/c1-4-27(5-2)32(29,30)19-10-8-17(9-11-19)16(3)24-20(28)12-13-21-25-22(26-31-21)18-7-6-14-23-15-18/h6-11,14-16H,4-5,12-13H2,1-3H3,(H,24,28). The van der Waals surface area contributed by atoms with E-state index in [1.54, 1.807) is 56.6 Å². The number of nitrogens with zero attached hydrogens (tertiary/aromatic N) is 4. The Kier molecular flexibility index (Phi) is 7.70. The second-order valence-corrected chi connectivity index (χ2v) is 9.14. The van der Waals surface area contributed by atoms with Crippen LogP contribution < -0.4 is 5.32 Å². The van der Waals surface area contributed by atoms with Crippen molar-refractivity contribution in [2.45, 2.75) is 44.6 Å². The molecule has 3 aromatic rings. The van der Waals surface area contributed by atoms with Gasteiger partial charge in [0.1, 0.15) is 0 Å². The zero-order valence-corrected chi connectivity index (χ0v) is 19.2.